The van der Waals surface area contributed by atoms with E-state index < -0.39 is 16.9 Å². The van der Waals surface area contributed by atoms with Gasteiger partial charge in [0, 0.05) is 16.9 Å². The zero-order valence-corrected chi connectivity index (χ0v) is 13.9. The molecule has 1 aliphatic heterocycles. The minimum atomic E-state index is -0.596. The van der Waals surface area contributed by atoms with E-state index in [-0.39, 0.29) is 28.9 Å². The second kappa shape index (κ2) is 6.05. The normalized spacial score (nSPS) is 20.5. The van der Waals surface area contributed by atoms with Crippen LogP contribution < -0.4 is 5.43 Å². The number of carbonyl (C=O) groups is 1. The Hall–Kier alpha value is -3.02. The molecule has 0 spiro atoms. The van der Waals surface area contributed by atoms with Gasteiger partial charge < -0.3 is 24.5 Å². The van der Waals surface area contributed by atoms with Gasteiger partial charge >= 0.3 is 0 Å². The molecule has 0 bridgehead atoms. The van der Waals surface area contributed by atoms with Crippen LogP contribution in [0.4, 0.5) is 0 Å². The van der Waals surface area contributed by atoms with Crippen molar-refractivity contribution in [2.45, 2.75) is 31.6 Å². The van der Waals surface area contributed by atoms with Crippen LogP contribution >= 0.6 is 0 Å². The van der Waals surface area contributed by atoms with E-state index in [9.17, 15) is 24.9 Å². The van der Waals surface area contributed by atoms with Crippen LogP contribution in [-0.2, 0) is 4.79 Å². The molecule has 0 radical (unpaired) electrons. The summed E-state index contributed by atoms with van der Waals surface area (Å²) in [4.78, 5) is 23.5. The van der Waals surface area contributed by atoms with Crippen molar-refractivity contribution in [2.24, 2.45) is 5.92 Å². The standard InChI is InChI=1S/C20H18O6/c21-9-10-3-1-2-4-11(10)16-12-5-7-14(22)17(24)19(12)26-20-13(16)6-8-15(23)18(20)25/h5-11,22,24-25H,1-4H2. The minimum Gasteiger partial charge on any atom is -0.504 e. The Morgan fingerprint density at radius 1 is 1.00 bits per heavy atom. The van der Waals surface area contributed by atoms with Gasteiger partial charge in [0.2, 0.25) is 16.9 Å². The highest BCUT2D eigenvalue weighted by atomic mass is 16.4. The van der Waals surface area contributed by atoms with E-state index in [0.717, 1.165) is 37.5 Å². The fraction of sp³-hybridized carbons (Fsp3) is 0.300. The molecule has 1 saturated carbocycles. The number of hydrogen-bond donors (Lipinski definition) is 3. The predicted octanol–water partition coefficient (Wildman–Crippen LogP) is 3.49. The fourth-order valence-corrected chi connectivity index (χ4v) is 4.07. The van der Waals surface area contributed by atoms with Gasteiger partial charge in [-0.25, -0.2) is 0 Å². The van der Waals surface area contributed by atoms with Crippen molar-refractivity contribution in [1.82, 2.24) is 0 Å². The Morgan fingerprint density at radius 2 is 1.77 bits per heavy atom. The molecular weight excluding hydrogens is 336 g/mol. The van der Waals surface area contributed by atoms with E-state index in [1.807, 2.05) is 0 Å². The summed E-state index contributed by atoms with van der Waals surface area (Å²) in [7, 11) is 0. The van der Waals surface area contributed by atoms with Gasteiger partial charge in [0.25, 0.3) is 0 Å². The molecule has 1 heterocycles. The molecule has 2 unspecified atom stereocenters. The molecular formula is C20H18O6. The van der Waals surface area contributed by atoms with Crippen molar-refractivity contribution >= 4 is 17.3 Å². The van der Waals surface area contributed by atoms with Gasteiger partial charge in [0.15, 0.2) is 17.1 Å². The van der Waals surface area contributed by atoms with Crippen molar-refractivity contribution in [2.75, 3.05) is 0 Å². The number of rotatable bonds is 2. The highest BCUT2D eigenvalue weighted by Gasteiger charge is 2.33. The number of aromatic hydroxyl groups is 3. The Kier molecular flexibility index (Phi) is 3.83. The molecule has 0 aromatic heterocycles. The summed E-state index contributed by atoms with van der Waals surface area (Å²) < 4.78 is 5.62. The molecule has 2 atom stereocenters. The first-order valence-electron chi connectivity index (χ1n) is 8.61. The molecule has 26 heavy (non-hydrogen) atoms. The van der Waals surface area contributed by atoms with Gasteiger partial charge in [0.1, 0.15) is 6.29 Å². The van der Waals surface area contributed by atoms with Crippen LogP contribution in [0.5, 0.6) is 17.2 Å². The van der Waals surface area contributed by atoms with E-state index in [1.54, 1.807) is 12.1 Å². The van der Waals surface area contributed by atoms with Gasteiger partial charge in [-0.15, -0.1) is 0 Å². The SMILES string of the molecule is O=CC1CCCCC1c1c2ccc(=O)c(O)c-2oc2c(O)c(O)ccc12. The lowest BCUT2D eigenvalue weighted by Gasteiger charge is -2.31. The number of phenolic OH excluding ortho intramolecular Hbond substituents is 3. The molecule has 3 aliphatic rings. The van der Waals surface area contributed by atoms with E-state index in [1.165, 1.54) is 12.1 Å². The fourth-order valence-electron chi connectivity index (χ4n) is 4.07. The maximum Gasteiger partial charge on any atom is 0.224 e. The average Bonchev–Trinajstić information content (AvgIpc) is 2.66. The maximum absolute atomic E-state index is 11.9. The third-order valence-corrected chi connectivity index (χ3v) is 5.35. The second-order valence-corrected chi connectivity index (χ2v) is 6.81. The lowest BCUT2D eigenvalue weighted by atomic mass is 9.73. The first-order chi connectivity index (χ1) is 12.5. The lowest BCUT2D eigenvalue weighted by molar-refractivity contribution is -0.112. The third-order valence-electron chi connectivity index (χ3n) is 5.35. The molecule has 134 valence electrons. The molecule has 4 rings (SSSR count). The van der Waals surface area contributed by atoms with Crippen LogP contribution in [0, 0.1) is 5.92 Å². The highest BCUT2D eigenvalue weighted by molar-refractivity contribution is 5.94. The van der Waals surface area contributed by atoms with Gasteiger partial charge in [-0.1, -0.05) is 12.8 Å². The number of hydrogen-bond acceptors (Lipinski definition) is 6. The monoisotopic (exact) mass is 354 g/mol. The van der Waals surface area contributed by atoms with Crippen molar-refractivity contribution < 1.29 is 24.5 Å². The Morgan fingerprint density at radius 3 is 2.54 bits per heavy atom. The average molecular weight is 354 g/mol. The zero-order chi connectivity index (χ0) is 18.4. The molecule has 2 aliphatic carbocycles. The van der Waals surface area contributed by atoms with Gasteiger partial charge in [-0.2, -0.15) is 0 Å². The van der Waals surface area contributed by atoms with Gasteiger partial charge in [-0.05, 0) is 48.6 Å². The van der Waals surface area contributed by atoms with Crippen LogP contribution in [0.2, 0.25) is 0 Å². The molecule has 0 amide bonds. The van der Waals surface area contributed by atoms with Crippen molar-refractivity contribution in [3.8, 4) is 28.6 Å². The van der Waals surface area contributed by atoms with E-state index in [4.69, 9.17) is 4.42 Å². The molecule has 1 aromatic rings. The first kappa shape index (κ1) is 16.4. The number of aldehydes is 1. The number of benzene rings is 2. The minimum absolute atomic E-state index is 0.0105. The van der Waals surface area contributed by atoms with Crippen LogP contribution in [0.1, 0.15) is 37.2 Å². The summed E-state index contributed by atoms with van der Waals surface area (Å²) in [6.07, 6.45) is 4.42. The Labute approximate surface area is 148 Å². The molecule has 6 nitrogen and oxygen atoms in total. The second-order valence-electron chi connectivity index (χ2n) is 6.81. The maximum atomic E-state index is 11.9. The summed E-state index contributed by atoms with van der Waals surface area (Å²) in [6.45, 7) is 0. The highest BCUT2D eigenvalue weighted by Crippen LogP contribution is 2.49. The van der Waals surface area contributed by atoms with Crippen molar-refractivity contribution in [3.63, 3.8) is 0 Å². The Bertz CT molecular complexity index is 1030. The molecule has 6 heteroatoms. The topological polar surface area (TPSA) is 108 Å². The number of phenols is 3. The van der Waals surface area contributed by atoms with Crippen LogP contribution in [-0.4, -0.2) is 21.6 Å². The summed E-state index contributed by atoms with van der Waals surface area (Å²) >= 11 is 0. The van der Waals surface area contributed by atoms with Crippen LogP contribution in [0.3, 0.4) is 0 Å². The largest absolute Gasteiger partial charge is 0.504 e. The summed E-state index contributed by atoms with van der Waals surface area (Å²) in [5, 5.41) is 30.8. The van der Waals surface area contributed by atoms with Crippen LogP contribution in [0.15, 0.2) is 33.5 Å². The number of carbonyl (C=O) groups excluding carboxylic acids is 1. The molecule has 0 saturated heterocycles. The van der Waals surface area contributed by atoms with Crippen molar-refractivity contribution in [1.29, 1.82) is 0 Å². The third kappa shape index (κ3) is 2.33. The van der Waals surface area contributed by atoms with E-state index in [2.05, 4.69) is 0 Å². The van der Waals surface area contributed by atoms with Gasteiger partial charge in [0.05, 0.1) is 0 Å². The molecule has 3 N–H and O–H groups in total. The Balaban J connectivity index is 2.14. The number of fused-ring (bicyclic) bond motifs is 2. The molecule has 1 aromatic carbocycles. The first-order valence-corrected chi connectivity index (χ1v) is 8.61. The van der Waals surface area contributed by atoms with Crippen LogP contribution in [0.25, 0.3) is 22.3 Å². The lowest BCUT2D eigenvalue weighted by Crippen LogP contribution is -2.20. The predicted molar refractivity (Wildman–Crippen MR) is 94.9 cm³/mol. The van der Waals surface area contributed by atoms with Gasteiger partial charge in [-0.3, -0.25) is 4.79 Å². The van der Waals surface area contributed by atoms with Crippen molar-refractivity contribution in [3.05, 3.63) is 40.1 Å². The van der Waals surface area contributed by atoms with E-state index in [0.29, 0.717) is 10.9 Å². The van der Waals surface area contributed by atoms with E-state index >= 15 is 0 Å². The smallest absolute Gasteiger partial charge is 0.224 e. The molecule has 1 fully saturated rings. The summed E-state index contributed by atoms with van der Waals surface area (Å²) in [5.74, 6) is -1.73. The summed E-state index contributed by atoms with van der Waals surface area (Å²) in [6, 6.07) is 5.84. The summed E-state index contributed by atoms with van der Waals surface area (Å²) in [5.41, 5.74) is 0.687. The quantitative estimate of drug-likeness (QED) is 0.369. The zero-order valence-electron chi connectivity index (χ0n) is 13.9.